The van der Waals surface area contributed by atoms with Crippen molar-refractivity contribution in [3.63, 3.8) is 0 Å². The normalized spacial score (nSPS) is 19.5. The third-order valence-corrected chi connectivity index (χ3v) is 9.76. The number of rotatable bonds is 10. The highest BCUT2D eigenvalue weighted by Crippen LogP contribution is 2.33. The molecular weight excluding hydrogens is 584 g/mol. The zero-order valence-corrected chi connectivity index (χ0v) is 26.2. The number of hydrogen-bond acceptors (Lipinski definition) is 7. The molecule has 2 aliphatic heterocycles. The predicted octanol–water partition coefficient (Wildman–Crippen LogP) is 1.50. The maximum absolute atomic E-state index is 14.0. The first-order valence-corrected chi connectivity index (χ1v) is 15.8. The number of fused-ring (bicyclic) bond motifs is 1. The van der Waals surface area contributed by atoms with Crippen molar-refractivity contribution in [2.75, 3.05) is 34.2 Å². The van der Waals surface area contributed by atoms with E-state index < -0.39 is 34.0 Å². The molecule has 0 aliphatic carbocycles. The molecule has 0 aromatic heterocycles. The zero-order valence-electron chi connectivity index (χ0n) is 25.4. The molecule has 3 atom stereocenters. The van der Waals surface area contributed by atoms with Crippen LogP contribution in [-0.4, -0.2) is 98.2 Å². The lowest BCUT2D eigenvalue weighted by atomic mass is 9.91. The molecule has 236 valence electrons. The van der Waals surface area contributed by atoms with E-state index in [4.69, 9.17) is 11.1 Å². The van der Waals surface area contributed by atoms with Gasteiger partial charge in [-0.15, -0.1) is 0 Å². The average molecular weight is 625 g/mol. The van der Waals surface area contributed by atoms with E-state index in [0.717, 1.165) is 16.7 Å². The number of nitrogen functional groups attached to an aromatic ring is 1. The van der Waals surface area contributed by atoms with Crippen LogP contribution in [0.1, 0.15) is 48.1 Å². The zero-order chi connectivity index (χ0) is 32.3. The summed E-state index contributed by atoms with van der Waals surface area (Å²) in [4.78, 5) is 43.3. The van der Waals surface area contributed by atoms with Crippen LogP contribution in [0.5, 0.6) is 0 Å². The van der Waals surface area contributed by atoms with Crippen molar-refractivity contribution in [1.82, 2.24) is 19.4 Å². The summed E-state index contributed by atoms with van der Waals surface area (Å²) < 4.78 is 30.4. The number of aliphatic carboxylic acids is 1. The molecule has 4 rings (SSSR count). The highest BCUT2D eigenvalue weighted by atomic mass is 32.2. The quantitative estimate of drug-likeness (QED) is 0.175. The van der Waals surface area contributed by atoms with Gasteiger partial charge in [0.25, 0.3) is 0 Å². The Balaban J connectivity index is 1.71. The number of hydrogen-bond donors (Lipinski definition) is 4. The highest BCUT2D eigenvalue weighted by Gasteiger charge is 2.38. The Morgan fingerprint density at radius 2 is 1.91 bits per heavy atom. The molecule has 2 amide bonds. The Bertz CT molecular complexity index is 1600. The van der Waals surface area contributed by atoms with Gasteiger partial charge in [0.15, 0.2) is 0 Å². The number of nitrogens with two attached hydrogens (primary N) is 1. The number of amidine groups is 1. The average Bonchev–Trinajstić information content (AvgIpc) is 2.97. The van der Waals surface area contributed by atoms with Gasteiger partial charge in [0.2, 0.25) is 21.8 Å². The topological polar surface area (TPSA) is 177 Å². The van der Waals surface area contributed by atoms with Gasteiger partial charge in [-0.25, -0.2) is 13.2 Å². The molecule has 0 fully saturated rings. The van der Waals surface area contributed by atoms with Gasteiger partial charge < -0.3 is 20.6 Å². The lowest BCUT2D eigenvalue weighted by Crippen LogP contribution is -2.55. The largest absolute Gasteiger partial charge is 0.480 e. The second kappa shape index (κ2) is 13.3. The van der Waals surface area contributed by atoms with E-state index in [9.17, 15) is 27.9 Å². The summed E-state index contributed by atoms with van der Waals surface area (Å²) >= 11 is 0. The van der Waals surface area contributed by atoms with Crippen LogP contribution in [-0.2, 0) is 37.2 Å². The van der Waals surface area contributed by atoms with Crippen LogP contribution in [0.2, 0.25) is 0 Å². The number of carbonyl (C=O) groups excluding carboxylic acids is 2. The fraction of sp³-hybridized carbons (Fsp3) is 0.419. The first kappa shape index (κ1) is 32.8. The lowest BCUT2D eigenvalue weighted by molar-refractivity contribution is -0.150. The monoisotopic (exact) mass is 624 g/mol. The number of carboxylic acids is 1. The number of amides is 2. The van der Waals surface area contributed by atoms with E-state index in [1.165, 1.54) is 15.9 Å². The minimum atomic E-state index is -4.30. The minimum absolute atomic E-state index is 0.0279. The lowest BCUT2D eigenvalue weighted by Gasteiger charge is -2.35. The van der Waals surface area contributed by atoms with Gasteiger partial charge in [0, 0.05) is 45.2 Å². The Kier molecular flexibility index (Phi) is 9.91. The molecule has 0 spiro atoms. The number of sulfonamides is 1. The number of carbonyl (C=O) groups is 3. The molecule has 2 aliphatic rings. The second-order valence-electron chi connectivity index (χ2n) is 11.7. The van der Waals surface area contributed by atoms with Crippen molar-refractivity contribution in [2.24, 2.45) is 5.73 Å². The van der Waals surface area contributed by atoms with Crippen LogP contribution in [0.4, 0.5) is 0 Å². The maximum atomic E-state index is 14.0. The van der Waals surface area contributed by atoms with E-state index >= 15 is 0 Å². The molecule has 0 saturated carbocycles. The number of likely N-dealkylation sites (N-methyl/N-ethyl adjacent to an activating group) is 1. The molecule has 13 heteroatoms. The van der Waals surface area contributed by atoms with E-state index in [1.807, 2.05) is 11.9 Å². The first-order valence-electron chi connectivity index (χ1n) is 14.4. The van der Waals surface area contributed by atoms with Crippen LogP contribution >= 0.6 is 0 Å². The molecule has 2 aromatic rings. The SMILES string of the molecule is CC1=CCN(C(=O)[C@H](Cc2cccc(C(=N)N)c2)NS(=O)(=O)c2ccc3c(c2)[C@@H](CC(=O)N(C)C)N(C)CC3)[C@@H](C(=O)O)C1. The van der Waals surface area contributed by atoms with E-state index in [1.54, 1.807) is 63.5 Å². The van der Waals surface area contributed by atoms with Crippen LogP contribution in [0.25, 0.3) is 0 Å². The van der Waals surface area contributed by atoms with Gasteiger partial charge in [-0.05, 0) is 68.1 Å². The molecule has 2 aromatic carbocycles. The van der Waals surface area contributed by atoms with Crippen LogP contribution in [0.3, 0.4) is 0 Å². The van der Waals surface area contributed by atoms with Crippen molar-refractivity contribution in [3.05, 3.63) is 76.4 Å². The second-order valence-corrected chi connectivity index (χ2v) is 13.4. The Morgan fingerprint density at radius 3 is 2.57 bits per heavy atom. The predicted molar refractivity (Wildman–Crippen MR) is 166 cm³/mol. The number of carboxylic acid groups (broad SMARTS) is 1. The summed E-state index contributed by atoms with van der Waals surface area (Å²) in [6.07, 6.45) is 2.66. The van der Waals surface area contributed by atoms with Crippen molar-refractivity contribution < 1.29 is 27.9 Å². The van der Waals surface area contributed by atoms with Gasteiger partial charge in [0.05, 0.1) is 4.90 Å². The summed E-state index contributed by atoms with van der Waals surface area (Å²) in [6, 6.07) is 8.57. The smallest absolute Gasteiger partial charge is 0.326 e. The summed E-state index contributed by atoms with van der Waals surface area (Å²) in [5.74, 6) is -2.12. The molecule has 5 N–H and O–H groups in total. The third-order valence-electron chi connectivity index (χ3n) is 8.29. The van der Waals surface area contributed by atoms with Crippen molar-refractivity contribution in [3.8, 4) is 0 Å². The number of nitrogens with zero attached hydrogens (tertiary/aromatic N) is 3. The van der Waals surface area contributed by atoms with E-state index in [0.29, 0.717) is 24.1 Å². The van der Waals surface area contributed by atoms with Gasteiger partial charge in [0.1, 0.15) is 17.9 Å². The molecule has 44 heavy (non-hydrogen) atoms. The van der Waals surface area contributed by atoms with Gasteiger partial charge >= 0.3 is 5.97 Å². The first-order chi connectivity index (χ1) is 20.7. The standard InChI is InChI=1S/C31H40N6O6S/c1-19-10-13-37(27(14-19)31(40)41)30(39)25(16-20-6-5-7-22(15-20)29(32)33)34-44(42,43)23-9-8-21-11-12-36(4)26(24(21)17-23)18-28(38)35(2)3/h5-10,15,17,25-27,34H,11-14,16,18H2,1-4H3,(H3,32,33)(H,40,41)/t25-,26+,27+/m0/s1. The summed E-state index contributed by atoms with van der Waals surface area (Å²) in [5, 5.41) is 17.7. The van der Waals surface area contributed by atoms with Crippen molar-refractivity contribution in [1.29, 1.82) is 5.41 Å². The molecule has 0 unspecified atom stereocenters. The van der Waals surface area contributed by atoms with Crippen LogP contribution in [0, 0.1) is 5.41 Å². The fourth-order valence-electron chi connectivity index (χ4n) is 5.66. The molecular formula is C31H40N6O6S. The molecule has 0 saturated heterocycles. The van der Waals surface area contributed by atoms with Gasteiger partial charge in [-0.3, -0.25) is 19.9 Å². The van der Waals surface area contributed by atoms with Crippen LogP contribution < -0.4 is 10.5 Å². The van der Waals surface area contributed by atoms with E-state index in [-0.39, 0.29) is 48.5 Å². The third kappa shape index (κ3) is 7.34. The van der Waals surface area contributed by atoms with Crippen molar-refractivity contribution >= 4 is 33.6 Å². The summed E-state index contributed by atoms with van der Waals surface area (Å²) in [6.45, 7) is 2.53. The number of benzene rings is 2. The number of nitrogens with one attached hydrogen (secondary N) is 2. The Labute approximate surface area is 258 Å². The fourth-order valence-corrected chi connectivity index (χ4v) is 6.89. The minimum Gasteiger partial charge on any atom is -0.480 e. The van der Waals surface area contributed by atoms with E-state index in [2.05, 4.69) is 4.72 Å². The van der Waals surface area contributed by atoms with Crippen molar-refractivity contribution in [2.45, 2.75) is 55.6 Å². The molecule has 2 heterocycles. The molecule has 0 bridgehead atoms. The highest BCUT2D eigenvalue weighted by molar-refractivity contribution is 7.89. The molecule has 0 radical (unpaired) electrons. The maximum Gasteiger partial charge on any atom is 0.326 e. The summed E-state index contributed by atoms with van der Waals surface area (Å²) in [5.41, 5.74) is 9.12. The summed E-state index contributed by atoms with van der Waals surface area (Å²) in [7, 11) is 0.948. The molecule has 12 nitrogen and oxygen atoms in total. The van der Waals surface area contributed by atoms with Crippen LogP contribution in [0.15, 0.2) is 59.0 Å². The Hall–Kier alpha value is -4.07. The Morgan fingerprint density at radius 1 is 1.18 bits per heavy atom. The van der Waals surface area contributed by atoms with Gasteiger partial charge in [-0.1, -0.05) is 35.9 Å². The van der Waals surface area contributed by atoms with Gasteiger partial charge in [-0.2, -0.15) is 4.72 Å².